The van der Waals surface area contributed by atoms with E-state index in [2.05, 4.69) is 15.5 Å². The van der Waals surface area contributed by atoms with E-state index in [-0.39, 0.29) is 11.4 Å². The Morgan fingerprint density at radius 1 is 1.31 bits per heavy atom. The molecule has 0 bridgehead atoms. The molecule has 12 heteroatoms. The summed E-state index contributed by atoms with van der Waals surface area (Å²) in [6.45, 7) is 0. The number of aromatic nitrogens is 2. The number of nitrogens with zero attached hydrogens (tertiary/aromatic N) is 3. The molecule has 0 aliphatic carbocycles. The van der Waals surface area contributed by atoms with Gasteiger partial charge in [-0.15, -0.1) is 33.3 Å². The molecule has 1 aromatic heterocycles. The number of fused-ring (bicyclic) bond motifs is 1. The molecule has 5 N–H and O–H groups in total. The number of nitrogens with one attached hydrogen (secondary N) is 1. The van der Waals surface area contributed by atoms with E-state index >= 15 is 0 Å². The number of aromatic hydroxyl groups is 1. The highest BCUT2D eigenvalue weighted by molar-refractivity contribution is 8.00. The molecule has 1 fully saturated rings. The first-order valence-corrected chi connectivity index (χ1v) is 10.3. The fourth-order valence-electron chi connectivity index (χ4n) is 3.16. The van der Waals surface area contributed by atoms with Gasteiger partial charge in [-0.25, -0.2) is 4.79 Å². The van der Waals surface area contributed by atoms with Gasteiger partial charge < -0.3 is 21.3 Å². The Bertz CT molecular complexity index is 1010. The van der Waals surface area contributed by atoms with Crippen LogP contribution in [0.3, 0.4) is 0 Å². The molecule has 0 spiro atoms. The summed E-state index contributed by atoms with van der Waals surface area (Å²) in [6, 6.07) is 3.95. The second kappa shape index (κ2) is 7.46. The van der Waals surface area contributed by atoms with Crippen molar-refractivity contribution in [1.82, 2.24) is 20.4 Å². The van der Waals surface area contributed by atoms with E-state index < -0.39 is 35.2 Å². The first-order valence-electron chi connectivity index (χ1n) is 8.41. The number of thioether (sulfide) groups is 1. The maximum absolute atomic E-state index is 12.7. The summed E-state index contributed by atoms with van der Waals surface area (Å²) in [5.74, 6) is -1.96. The highest BCUT2D eigenvalue weighted by Gasteiger charge is 2.54. The van der Waals surface area contributed by atoms with Gasteiger partial charge in [-0.2, -0.15) is 0 Å². The number of β-lactam (4-membered cyclic amide) rings is 1. The van der Waals surface area contributed by atoms with Crippen molar-refractivity contribution in [1.29, 1.82) is 0 Å². The van der Waals surface area contributed by atoms with Gasteiger partial charge in [0.1, 0.15) is 39.4 Å². The number of rotatable bonds is 5. The molecule has 29 heavy (non-hydrogen) atoms. The van der Waals surface area contributed by atoms with Crippen LogP contribution < -0.4 is 11.1 Å². The van der Waals surface area contributed by atoms with E-state index in [1.54, 1.807) is 0 Å². The van der Waals surface area contributed by atoms with Gasteiger partial charge in [-0.1, -0.05) is 12.1 Å². The van der Waals surface area contributed by atoms with Crippen LogP contribution in [0.1, 0.15) is 16.6 Å². The molecule has 150 valence electrons. The van der Waals surface area contributed by atoms with Gasteiger partial charge in [0.25, 0.3) is 5.91 Å². The Kier molecular flexibility index (Phi) is 4.98. The summed E-state index contributed by atoms with van der Waals surface area (Å²) in [5, 5.41) is 29.1. The molecule has 0 radical (unpaired) electrons. The Hall–Kier alpha value is -2.96. The third-order valence-corrected chi connectivity index (χ3v) is 6.65. The molecule has 4 rings (SSSR count). The standard InChI is InChI=1S/C17H15N5O5S2/c18-10(7-1-3-8(23)4-2-7)13(24)20-11-15(25)22-12(17(26)27)9(5-28-16(11)22)14-21-19-6-29-14/h1-4,6,10-11,16,23H,5,18H2,(H,20,24)(H,26,27)/t10?,11?,16-/m1/s1. The second-order valence-corrected chi connectivity index (χ2v) is 8.28. The fourth-order valence-corrected chi connectivity index (χ4v) is 5.20. The number of phenols is 1. The number of hydrogen-bond acceptors (Lipinski definition) is 9. The van der Waals surface area contributed by atoms with Crippen molar-refractivity contribution in [3.05, 3.63) is 46.0 Å². The molecule has 10 nitrogen and oxygen atoms in total. The van der Waals surface area contributed by atoms with Gasteiger partial charge in [-0.05, 0) is 17.7 Å². The van der Waals surface area contributed by atoms with E-state index in [4.69, 9.17) is 5.73 Å². The van der Waals surface area contributed by atoms with E-state index in [1.807, 2.05) is 0 Å². The van der Waals surface area contributed by atoms with Crippen LogP contribution in [-0.2, 0) is 14.4 Å². The van der Waals surface area contributed by atoms with Crippen molar-refractivity contribution < 1.29 is 24.6 Å². The molecule has 2 aliphatic rings. The van der Waals surface area contributed by atoms with Crippen LogP contribution in [-0.4, -0.2) is 60.3 Å². The quantitative estimate of drug-likeness (QED) is 0.481. The van der Waals surface area contributed by atoms with E-state index in [0.717, 1.165) is 0 Å². The van der Waals surface area contributed by atoms with Crippen molar-refractivity contribution in [3.63, 3.8) is 0 Å². The summed E-state index contributed by atoms with van der Waals surface area (Å²) in [4.78, 5) is 38.1. The van der Waals surface area contributed by atoms with Gasteiger partial charge in [0, 0.05) is 11.3 Å². The highest BCUT2D eigenvalue weighted by atomic mass is 32.2. The fraction of sp³-hybridized carbons (Fsp3) is 0.235. The SMILES string of the molecule is NC(C(=O)NC1C(=O)N2C(C(=O)O)=C(c3nncs3)CS[C@H]12)c1ccc(O)cc1. The summed E-state index contributed by atoms with van der Waals surface area (Å²) < 4.78 is 0. The first kappa shape index (κ1) is 19.4. The Morgan fingerprint density at radius 2 is 2.03 bits per heavy atom. The largest absolute Gasteiger partial charge is 0.508 e. The van der Waals surface area contributed by atoms with Crippen molar-refractivity contribution >= 4 is 46.5 Å². The Balaban J connectivity index is 1.52. The predicted octanol–water partition coefficient (Wildman–Crippen LogP) is 0.139. The molecule has 3 atom stereocenters. The van der Waals surface area contributed by atoms with Crippen LogP contribution in [0, 0.1) is 0 Å². The number of aliphatic carboxylic acids is 1. The van der Waals surface area contributed by atoms with Crippen molar-refractivity contribution in [2.24, 2.45) is 5.73 Å². The second-order valence-electron chi connectivity index (χ2n) is 6.34. The molecule has 2 aromatic rings. The number of carbonyl (C=O) groups is 3. The lowest BCUT2D eigenvalue weighted by atomic mass is 10.0. The monoisotopic (exact) mass is 433 g/mol. The molecule has 1 saturated heterocycles. The van der Waals surface area contributed by atoms with Crippen LogP contribution in [0.25, 0.3) is 5.57 Å². The molecule has 2 amide bonds. The first-order chi connectivity index (χ1) is 13.9. The normalized spacial score (nSPS) is 22.0. The summed E-state index contributed by atoms with van der Waals surface area (Å²) >= 11 is 2.53. The number of carbonyl (C=O) groups excluding carboxylic acids is 2. The number of hydrogen-bond donors (Lipinski definition) is 4. The predicted molar refractivity (Wildman–Crippen MR) is 105 cm³/mol. The van der Waals surface area contributed by atoms with Crippen LogP contribution in [0.2, 0.25) is 0 Å². The molecular weight excluding hydrogens is 418 g/mol. The maximum Gasteiger partial charge on any atom is 0.353 e. The number of phenolic OH excluding ortho intramolecular Hbond substituents is 1. The zero-order valence-corrected chi connectivity index (χ0v) is 16.3. The Morgan fingerprint density at radius 3 is 2.66 bits per heavy atom. The van der Waals surface area contributed by atoms with Crippen LogP contribution in [0.5, 0.6) is 5.75 Å². The van der Waals surface area contributed by atoms with Gasteiger partial charge in [-0.3, -0.25) is 14.5 Å². The van der Waals surface area contributed by atoms with Crippen molar-refractivity contribution in [2.45, 2.75) is 17.5 Å². The average Bonchev–Trinajstić information content (AvgIpc) is 3.25. The third-order valence-electron chi connectivity index (χ3n) is 4.62. The zero-order valence-electron chi connectivity index (χ0n) is 14.7. The van der Waals surface area contributed by atoms with Crippen LogP contribution in [0.15, 0.2) is 35.5 Å². The summed E-state index contributed by atoms with van der Waals surface area (Å²) in [7, 11) is 0. The highest BCUT2D eigenvalue weighted by Crippen LogP contribution is 2.43. The van der Waals surface area contributed by atoms with Gasteiger partial charge >= 0.3 is 5.97 Å². The number of amides is 2. The summed E-state index contributed by atoms with van der Waals surface area (Å²) in [5.41, 5.74) is 8.21. The van der Waals surface area contributed by atoms with Gasteiger partial charge in [0.15, 0.2) is 0 Å². The minimum absolute atomic E-state index is 0.0454. The molecule has 2 aliphatic heterocycles. The average molecular weight is 433 g/mol. The number of carboxylic acids is 1. The van der Waals surface area contributed by atoms with Crippen LogP contribution >= 0.6 is 23.1 Å². The summed E-state index contributed by atoms with van der Waals surface area (Å²) in [6.07, 6.45) is 0. The lowest BCUT2D eigenvalue weighted by Gasteiger charge is -2.49. The maximum atomic E-state index is 12.7. The van der Waals surface area contributed by atoms with E-state index in [0.29, 0.717) is 21.9 Å². The molecular formula is C17H15N5O5S2. The lowest BCUT2D eigenvalue weighted by molar-refractivity contribution is -0.150. The van der Waals surface area contributed by atoms with Crippen molar-refractivity contribution in [2.75, 3.05) is 5.75 Å². The van der Waals surface area contributed by atoms with Crippen molar-refractivity contribution in [3.8, 4) is 5.75 Å². The third kappa shape index (κ3) is 3.34. The van der Waals surface area contributed by atoms with Gasteiger partial charge in [0.05, 0.1) is 0 Å². The van der Waals surface area contributed by atoms with Gasteiger partial charge in [0.2, 0.25) is 5.91 Å². The smallest absolute Gasteiger partial charge is 0.353 e. The number of benzene rings is 1. The lowest BCUT2D eigenvalue weighted by Crippen LogP contribution is -2.71. The number of carboxylic acid groups (broad SMARTS) is 1. The molecule has 0 saturated carbocycles. The minimum Gasteiger partial charge on any atom is -0.508 e. The minimum atomic E-state index is -1.24. The molecule has 3 heterocycles. The van der Waals surface area contributed by atoms with E-state index in [1.165, 1.54) is 57.8 Å². The molecule has 1 aromatic carbocycles. The topological polar surface area (TPSA) is 159 Å². The van der Waals surface area contributed by atoms with E-state index in [9.17, 15) is 24.6 Å². The Labute approximate surface area is 172 Å². The number of nitrogens with two attached hydrogens (primary N) is 1. The molecule has 2 unspecified atom stereocenters. The zero-order chi connectivity index (χ0) is 20.7. The van der Waals surface area contributed by atoms with Crippen LogP contribution in [0.4, 0.5) is 0 Å².